The van der Waals surface area contributed by atoms with Crippen LogP contribution in [0.5, 0.6) is 0 Å². The van der Waals surface area contributed by atoms with Crippen LogP contribution in [-0.2, 0) is 19.0 Å². The number of nitrogens with one attached hydrogen (secondary N) is 1. The second kappa shape index (κ2) is 8.60. The zero-order chi connectivity index (χ0) is 14.2. The molecule has 0 spiro atoms. The van der Waals surface area contributed by atoms with Crippen LogP contribution in [0.4, 0.5) is 0 Å². The Morgan fingerprint density at radius 2 is 2.00 bits per heavy atom. The lowest BCUT2D eigenvalue weighted by molar-refractivity contribution is -0.147. The first kappa shape index (κ1) is 15.7. The van der Waals surface area contributed by atoms with Crippen LogP contribution in [0.15, 0.2) is 0 Å². The van der Waals surface area contributed by atoms with E-state index in [0.29, 0.717) is 38.4 Å². The molecule has 1 heterocycles. The van der Waals surface area contributed by atoms with Gasteiger partial charge in [0.15, 0.2) is 0 Å². The van der Waals surface area contributed by atoms with Crippen LogP contribution in [0.1, 0.15) is 38.5 Å². The van der Waals surface area contributed by atoms with Gasteiger partial charge in [-0.15, -0.1) is 0 Å². The predicted octanol–water partition coefficient (Wildman–Crippen LogP) is 1.50. The van der Waals surface area contributed by atoms with E-state index in [4.69, 9.17) is 14.2 Å². The summed E-state index contributed by atoms with van der Waals surface area (Å²) in [5.74, 6) is 0.562. The molecule has 2 fully saturated rings. The van der Waals surface area contributed by atoms with Gasteiger partial charge in [-0.05, 0) is 31.6 Å². The first-order valence-corrected chi connectivity index (χ1v) is 7.80. The normalized spacial score (nSPS) is 29.1. The molecule has 2 aliphatic rings. The number of esters is 1. The molecule has 116 valence electrons. The van der Waals surface area contributed by atoms with E-state index in [1.807, 2.05) is 0 Å². The van der Waals surface area contributed by atoms with Gasteiger partial charge in [-0.1, -0.05) is 12.8 Å². The monoisotopic (exact) mass is 285 g/mol. The van der Waals surface area contributed by atoms with Crippen molar-refractivity contribution in [3.8, 4) is 0 Å². The molecule has 1 aliphatic heterocycles. The second-order valence-electron chi connectivity index (χ2n) is 5.73. The van der Waals surface area contributed by atoms with Crippen LogP contribution in [0.25, 0.3) is 0 Å². The van der Waals surface area contributed by atoms with E-state index in [1.165, 1.54) is 25.7 Å². The van der Waals surface area contributed by atoms with Gasteiger partial charge in [0.2, 0.25) is 0 Å². The van der Waals surface area contributed by atoms with Gasteiger partial charge in [-0.25, -0.2) is 0 Å². The van der Waals surface area contributed by atoms with Crippen LogP contribution >= 0.6 is 0 Å². The van der Waals surface area contributed by atoms with Crippen LogP contribution in [-0.4, -0.2) is 51.6 Å². The van der Waals surface area contributed by atoms with Crippen molar-refractivity contribution in [2.75, 3.05) is 33.5 Å². The standard InChI is InChI=1S/C15H27NO4/c1-18-7-4-8-19-9-10-20-15(17)14-11-12-5-2-3-6-13(12)16-14/h12-14,16H,2-11H2,1H3. The molecule has 0 aromatic rings. The average molecular weight is 285 g/mol. The molecule has 1 N–H and O–H groups in total. The van der Waals surface area contributed by atoms with Crippen molar-refractivity contribution in [2.24, 2.45) is 5.92 Å². The molecule has 0 radical (unpaired) electrons. The van der Waals surface area contributed by atoms with E-state index in [-0.39, 0.29) is 12.0 Å². The Hall–Kier alpha value is -0.650. The van der Waals surface area contributed by atoms with Crippen molar-refractivity contribution in [3.05, 3.63) is 0 Å². The Kier molecular flexibility index (Phi) is 6.76. The van der Waals surface area contributed by atoms with Crippen LogP contribution in [0.3, 0.4) is 0 Å². The summed E-state index contributed by atoms with van der Waals surface area (Å²) in [5, 5.41) is 3.43. The number of carbonyl (C=O) groups is 1. The molecule has 1 aliphatic carbocycles. The Labute approximate surface area is 121 Å². The molecule has 3 unspecified atom stereocenters. The third-order valence-electron chi connectivity index (χ3n) is 4.26. The zero-order valence-electron chi connectivity index (χ0n) is 12.4. The van der Waals surface area contributed by atoms with Gasteiger partial charge in [0.1, 0.15) is 12.6 Å². The number of carbonyl (C=O) groups excluding carboxylic acids is 1. The van der Waals surface area contributed by atoms with Crippen LogP contribution < -0.4 is 5.32 Å². The minimum absolute atomic E-state index is 0.100. The topological polar surface area (TPSA) is 56.8 Å². The quantitative estimate of drug-likeness (QED) is 0.541. The zero-order valence-corrected chi connectivity index (χ0v) is 12.4. The number of hydrogen-bond donors (Lipinski definition) is 1. The third kappa shape index (κ3) is 4.72. The van der Waals surface area contributed by atoms with Crippen molar-refractivity contribution in [3.63, 3.8) is 0 Å². The Bertz CT molecular complexity index is 284. The molecule has 0 amide bonds. The van der Waals surface area contributed by atoms with Crippen molar-refractivity contribution in [1.82, 2.24) is 5.32 Å². The highest BCUT2D eigenvalue weighted by molar-refractivity contribution is 5.76. The highest BCUT2D eigenvalue weighted by Gasteiger charge is 2.38. The summed E-state index contributed by atoms with van der Waals surface area (Å²) in [5.41, 5.74) is 0. The van der Waals surface area contributed by atoms with Crippen molar-refractivity contribution < 1.29 is 19.0 Å². The smallest absolute Gasteiger partial charge is 0.323 e. The molecule has 1 saturated carbocycles. The van der Waals surface area contributed by atoms with Crippen molar-refractivity contribution >= 4 is 5.97 Å². The van der Waals surface area contributed by atoms with E-state index < -0.39 is 0 Å². The Morgan fingerprint density at radius 3 is 2.80 bits per heavy atom. The van der Waals surface area contributed by atoms with Gasteiger partial charge in [-0.2, -0.15) is 0 Å². The summed E-state index contributed by atoms with van der Waals surface area (Å²) >= 11 is 0. The van der Waals surface area contributed by atoms with Gasteiger partial charge in [0.05, 0.1) is 6.61 Å². The summed E-state index contributed by atoms with van der Waals surface area (Å²) < 4.78 is 15.6. The first-order chi connectivity index (χ1) is 9.81. The largest absolute Gasteiger partial charge is 0.462 e. The lowest BCUT2D eigenvalue weighted by Gasteiger charge is -2.24. The number of methoxy groups -OCH3 is 1. The molecule has 3 atom stereocenters. The fraction of sp³-hybridized carbons (Fsp3) is 0.933. The Balaban J connectivity index is 1.54. The molecular formula is C15H27NO4. The van der Waals surface area contributed by atoms with Crippen LogP contribution in [0, 0.1) is 5.92 Å². The summed E-state index contributed by atoms with van der Waals surface area (Å²) in [4.78, 5) is 12.0. The summed E-state index contributed by atoms with van der Waals surface area (Å²) in [6.07, 6.45) is 6.86. The van der Waals surface area contributed by atoms with E-state index in [0.717, 1.165) is 12.8 Å². The fourth-order valence-electron chi connectivity index (χ4n) is 3.21. The molecule has 0 bridgehead atoms. The number of rotatable bonds is 8. The summed E-state index contributed by atoms with van der Waals surface area (Å²) in [6.45, 7) is 2.17. The van der Waals surface area contributed by atoms with E-state index >= 15 is 0 Å². The Morgan fingerprint density at radius 1 is 1.15 bits per heavy atom. The van der Waals surface area contributed by atoms with Crippen LogP contribution in [0.2, 0.25) is 0 Å². The maximum absolute atomic E-state index is 12.0. The van der Waals surface area contributed by atoms with E-state index in [1.54, 1.807) is 7.11 Å². The third-order valence-corrected chi connectivity index (χ3v) is 4.26. The fourth-order valence-corrected chi connectivity index (χ4v) is 3.21. The summed E-state index contributed by atoms with van der Waals surface area (Å²) in [6, 6.07) is 0.434. The SMILES string of the molecule is COCCCOCCOC(=O)C1CC2CCCCC2N1. The average Bonchev–Trinajstić information content (AvgIpc) is 2.90. The minimum Gasteiger partial charge on any atom is -0.462 e. The lowest BCUT2D eigenvalue weighted by Crippen LogP contribution is -2.38. The maximum Gasteiger partial charge on any atom is 0.323 e. The highest BCUT2D eigenvalue weighted by Crippen LogP contribution is 2.33. The first-order valence-electron chi connectivity index (χ1n) is 7.80. The predicted molar refractivity (Wildman–Crippen MR) is 75.6 cm³/mol. The van der Waals surface area contributed by atoms with Gasteiger partial charge in [-0.3, -0.25) is 4.79 Å². The molecule has 0 aromatic heterocycles. The van der Waals surface area contributed by atoms with E-state index in [9.17, 15) is 4.79 Å². The number of ether oxygens (including phenoxy) is 3. The lowest BCUT2D eigenvalue weighted by atomic mass is 9.85. The highest BCUT2D eigenvalue weighted by atomic mass is 16.6. The molecule has 0 aromatic carbocycles. The molecule has 20 heavy (non-hydrogen) atoms. The number of fused-ring (bicyclic) bond motifs is 1. The number of hydrogen-bond acceptors (Lipinski definition) is 5. The van der Waals surface area contributed by atoms with Gasteiger partial charge >= 0.3 is 5.97 Å². The van der Waals surface area contributed by atoms with Gasteiger partial charge in [0.25, 0.3) is 0 Å². The van der Waals surface area contributed by atoms with Gasteiger partial charge < -0.3 is 19.5 Å². The maximum atomic E-state index is 12.0. The molecule has 5 nitrogen and oxygen atoms in total. The van der Waals surface area contributed by atoms with Crippen molar-refractivity contribution in [2.45, 2.75) is 50.6 Å². The second-order valence-corrected chi connectivity index (χ2v) is 5.73. The van der Waals surface area contributed by atoms with Gasteiger partial charge in [0, 0.05) is 26.4 Å². The molecular weight excluding hydrogens is 258 g/mol. The molecule has 5 heteroatoms. The van der Waals surface area contributed by atoms with Crippen molar-refractivity contribution in [1.29, 1.82) is 0 Å². The molecule has 1 saturated heterocycles. The summed E-state index contributed by atoms with van der Waals surface area (Å²) in [7, 11) is 1.67. The minimum atomic E-state index is -0.111. The molecule has 2 rings (SSSR count). The van der Waals surface area contributed by atoms with E-state index in [2.05, 4.69) is 5.32 Å².